The molecule has 0 aliphatic carbocycles. The van der Waals surface area contributed by atoms with Crippen LogP contribution >= 0.6 is 0 Å². The first-order valence-electron chi connectivity index (χ1n) is 12.3. The molecule has 1 atom stereocenters. The lowest BCUT2D eigenvalue weighted by atomic mass is 9.96. The van der Waals surface area contributed by atoms with Crippen LogP contribution in [0.15, 0.2) is 78.6 Å². The minimum absolute atomic E-state index is 0.0452. The molecule has 0 spiro atoms. The number of carbonyl (C=O) groups is 2. The second-order valence-electron chi connectivity index (χ2n) is 9.52. The Morgan fingerprint density at radius 1 is 0.944 bits per heavy atom. The summed E-state index contributed by atoms with van der Waals surface area (Å²) < 4.78 is 0. The number of hydroxylamine groups is 1. The van der Waals surface area contributed by atoms with Crippen LogP contribution in [0.5, 0.6) is 0 Å². The van der Waals surface area contributed by atoms with E-state index >= 15 is 0 Å². The Morgan fingerprint density at radius 3 is 2.44 bits per heavy atom. The maximum Gasteiger partial charge on any atom is 0.258 e. The minimum atomic E-state index is -0.615. The van der Waals surface area contributed by atoms with Crippen molar-refractivity contribution < 1.29 is 14.4 Å². The number of rotatable bonds is 5. The quantitative estimate of drug-likeness (QED) is 0.534. The third-order valence-corrected chi connectivity index (χ3v) is 7.15. The van der Waals surface area contributed by atoms with E-state index in [2.05, 4.69) is 36.7 Å². The van der Waals surface area contributed by atoms with Gasteiger partial charge >= 0.3 is 0 Å². The van der Waals surface area contributed by atoms with Gasteiger partial charge in [0.05, 0.1) is 12.8 Å². The predicted octanol–water partition coefficient (Wildman–Crippen LogP) is 4.76. The highest BCUT2D eigenvalue weighted by atomic mass is 16.6. The van der Waals surface area contributed by atoms with Gasteiger partial charge in [-0.3, -0.25) is 19.9 Å². The van der Waals surface area contributed by atoms with E-state index in [0.717, 1.165) is 23.1 Å². The van der Waals surface area contributed by atoms with Crippen molar-refractivity contribution in [3.05, 3.63) is 106 Å². The van der Waals surface area contributed by atoms with Gasteiger partial charge in [0.1, 0.15) is 6.04 Å². The molecule has 0 aromatic heterocycles. The van der Waals surface area contributed by atoms with Crippen LogP contribution in [-0.4, -0.2) is 41.3 Å². The van der Waals surface area contributed by atoms with Crippen LogP contribution in [0.4, 0.5) is 0 Å². The number of fused-ring (bicyclic) bond motifs is 1. The molecule has 6 nitrogen and oxygen atoms in total. The predicted molar refractivity (Wildman–Crippen MR) is 140 cm³/mol. The number of amides is 2. The summed E-state index contributed by atoms with van der Waals surface area (Å²) in [6.07, 6.45) is 2.91. The maximum absolute atomic E-state index is 13.8. The van der Waals surface area contributed by atoms with E-state index in [-0.39, 0.29) is 11.8 Å². The van der Waals surface area contributed by atoms with Crippen LogP contribution in [0.3, 0.4) is 0 Å². The van der Waals surface area contributed by atoms with Crippen molar-refractivity contribution in [2.24, 2.45) is 0 Å². The fourth-order valence-electron chi connectivity index (χ4n) is 5.22. The molecular weight excluding hydrogens is 450 g/mol. The molecule has 6 heteroatoms. The molecule has 0 saturated heterocycles. The van der Waals surface area contributed by atoms with Crippen LogP contribution in [0.2, 0.25) is 0 Å². The van der Waals surface area contributed by atoms with E-state index in [9.17, 15) is 9.59 Å². The lowest BCUT2D eigenvalue weighted by Gasteiger charge is -2.33. The first-order valence-corrected chi connectivity index (χ1v) is 12.3. The van der Waals surface area contributed by atoms with E-state index in [0.29, 0.717) is 30.8 Å². The summed E-state index contributed by atoms with van der Waals surface area (Å²) in [4.78, 5) is 36.0. The van der Waals surface area contributed by atoms with Gasteiger partial charge in [-0.2, -0.15) is 0 Å². The van der Waals surface area contributed by atoms with Gasteiger partial charge in [-0.05, 0) is 59.7 Å². The summed E-state index contributed by atoms with van der Waals surface area (Å²) >= 11 is 0. The molecule has 36 heavy (non-hydrogen) atoms. The monoisotopic (exact) mass is 481 g/mol. The molecule has 1 unspecified atom stereocenters. The molecule has 2 amide bonds. The Morgan fingerprint density at radius 2 is 1.69 bits per heavy atom. The zero-order valence-electron chi connectivity index (χ0n) is 21.0. The van der Waals surface area contributed by atoms with Crippen molar-refractivity contribution in [3.63, 3.8) is 0 Å². The molecule has 2 aliphatic rings. The zero-order chi connectivity index (χ0) is 25.2. The summed E-state index contributed by atoms with van der Waals surface area (Å²) in [5.74, 6) is -0.233. The third kappa shape index (κ3) is 4.52. The third-order valence-electron chi connectivity index (χ3n) is 7.15. The molecule has 5 rings (SSSR count). The van der Waals surface area contributed by atoms with E-state index < -0.39 is 6.04 Å². The van der Waals surface area contributed by atoms with Gasteiger partial charge in [-0.1, -0.05) is 60.7 Å². The van der Waals surface area contributed by atoms with Crippen molar-refractivity contribution in [3.8, 4) is 11.1 Å². The lowest BCUT2D eigenvalue weighted by Crippen LogP contribution is -2.48. The van der Waals surface area contributed by atoms with Gasteiger partial charge in [0.2, 0.25) is 5.91 Å². The number of hydrogen-bond acceptors (Lipinski definition) is 4. The molecule has 0 bridgehead atoms. The highest BCUT2D eigenvalue weighted by Crippen LogP contribution is 2.30. The average molecular weight is 482 g/mol. The molecule has 3 aromatic carbocycles. The fourth-order valence-corrected chi connectivity index (χ4v) is 5.22. The van der Waals surface area contributed by atoms with Crippen LogP contribution in [-0.2, 0) is 22.6 Å². The minimum Gasteiger partial charge on any atom is -0.336 e. The summed E-state index contributed by atoms with van der Waals surface area (Å²) in [7, 11) is 1.53. The summed E-state index contributed by atoms with van der Waals surface area (Å²) in [5, 5.41) is 0. The zero-order valence-corrected chi connectivity index (χ0v) is 21.0. The molecule has 1 N–H and O–H groups in total. The van der Waals surface area contributed by atoms with Crippen LogP contribution < -0.4 is 5.48 Å². The number of hydrogen-bond donors (Lipinski definition) is 1. The fraction of sp³-hybridized carbons (Fsp3) is 0.267. The highest BCUT2D eigenvalue weighted by molar-refractivity contribution is 6.00. The van der Waals surface area contributed by atoms with Crippen LogP contribution in [0, 0.1) is 13.8 Å². The van der Waals surface area contributed by atoms with Gasteiger partial charge in [0.25, 0.3) is 5.91 Å². The van der Waals surface area contributed by atoms with Gasteiger partial charge in [0, 0.05) is 31.3 Å². The molecule has 2 heterocycles. The van der Waals surface area contributed by atoms with Gasteiger partial charge in [-0.15, -0.1) is 0 Å². The van der Waals surface area contributed by atoms with E-state index in [4.69, 9.17) is 4.84 Å². The van der Waals surface area contributed by atoms with Crippen LogP contribution in [0.1, 0.15) is 39.0 Å². The Kier molecular flexibility index (Phi) is 6.61. The van der Waals surface area contributed by atoms with Crippen LogP contribution in [0.25, 0.3) is 11.1 Å². The van der Waals surface area contributed by atoms with E-state index in [1.165, 1.54) is 23.8 Å². The summed E-state index contributed by atoms with van der Waals surface area (Å²) in [6.45, 7) is 5.23. The topological polar surface area (TPSA) is 61.9 Å². The molecule has 3 aromatic rings. The van der Waals surface area contributed by atoms with Crippen molar-refractivity contribution >= 4 is 11.8 Å². The van der Waals surface area contributed by atoms with Crippen molar-refractivity contribution in [2.45, 2.75) is 39.3 Å². The normalized spacial score (nSPS) is 17.0. The molecule has 0 radical (unpaired) electrons. The smallest absolute Gasteiger partial charge is 0.258 e. The number of aryl methyl sites for hydroxylation is 2. The summed E-state index contributed by atoms with van der Waals surface area (Å²) in [5.41, 5.74) is 10.8. The second kappa shape index (κ2) is 9.99. The SMILES string of the molecule is CONC1=CN(C(=O)c2ccc(-c3ccccc3C)cc2C)C(C(=O)N2CCc3ccccc3C2)C1. The Bertz CT molecular complexity index is 1350. The molecule has 184 valence electrons. The molecule has 0 fully saturated rings. The first-order chi connectivity index (χ1) is 17.5. The van der Waals surface area contributed by atoms with Gasteiger partial charge in [0.15, 0.2) is 0 Å². The van der Waals surface area contributed by atoms with Crippen molar-refractivity contribution in [1.82, 2.24) is 15.3 Å². The Balaban J connectivity index is 1.41. The highest BCUT2D eigenvalue weighted by Gasteiger charge is 2.38. The van der Waals surface area contributed by atoms with Crippen molar-refractivity contribution in [1.29, 1.82) is 0 Å². The van der Waals surface area contributed by atoms with Gasteiger partial charge < -0.3 is 9.80 Å². The van der Waals surface area contributed by atoms with Gasteiger partial charge in [-0.25, -0.2) is 0 Å². The largest absolute Gasteiger partial charge is 0.336 e. The van der Waals surface area contributed by atoms with E-state index in [1.54, 1.807) is 11.1 Å². The lowest BCUT2D eigenvalue weighted by molar-refractivity contribution is -0.136. The molecule has 0 saturated carbocycles. The average Bonchev–Trinajstić information content (AvgIpc) is 3.32. The number of nitrogens with zero attached hydrogens (tertiary/aromatic N) is 2. The number of benzene rings is 3. The maximum atomic E-state index is 13.8. The molecule has 2 aliphatic heterocycles. The standard InChI is InChI=1S/C30H31N3O3/c1-20-8-4-7-11-26(20)23-12-13-27(21(2)16-23)29(34)33-19-25(31-36-3)17-28(33)30(35)32-15-14-22-9-5-6-10-24(22)18-32/h4-13,16,19,28,31H,14-15,17-18H2,1-3H3. The Hall–Kier alpha value is -3.90. The molecular formula is C30H31N3O3. The number of carbonyl (C=O) groups excluding carboxylic acids is 2. The second-order valence-corrected chi connectivity index (χ2v) is 9.52. The van der Waals surface area contributed by atoms with E-state index in [1.807, 2.05) is 54.3 Å². The Labute approximate surface area is 212 Å². The van der Waals surface area contributed by atoms with Crippen molar-refractivity contribution in [2.75, 3.05) is 13.7 Å². The summed E-state index contributed by atoms with van der Waals surface area (Å²) in [6, 6.07) is 21.7. The number of nitrogens with one attached hydrogen (secondary N) is 1. The first kappa shape index (κ1) is 23.8.